The maximum Gasteiger partial charge on any atom is 0.378 e. The summed E-state index contributed by atoms with van der Waals surface area (Å²) in [6.45, 7) is 10.1. The van der Waals surface area contributed by atoms with Gasteiger partial charge in [-0.15, -0.1) is 0 Å². The lowest BCUT2D eigenvalue weighted by Gasteiger charge is -2.32. The molecule has 2 radical (unpaired) electrons. The Morgan fingerprint density at radius 2 is 2.00 bits per heavy atom. The summed E-state index contributed by atoms with van der Waals surface area (Å²) in [5.74, 6) is -0.384. The maximum absolute atomic E-state index is 11.8. The van der Waals surface area contributed by atoms with Crippen molar-refractivity contribution >= 4 is 20.1 Å². The van der Waals surface area contributed by atoms with E-state index in [4.69, 9.17) is 12.8 Å². The molecule has 1 aliphatic rings. The fraction of sp³-hybridized carbons (Fsp3) is 0.435. The summed E-state index contributed by atoms with van der Waals surface area (Å²) >= 11 is 0. The van der Waals surface area contributed by atoms with Crippen molar-refractivity contribution in [3.05, 3.63) is 52.1 Å². The van der Waals surface area contributed by atoms with E-state index < -0.39 is 11.6 Å². The monoisotopic (exact) mass is 380 g/mol. The minimum Gasteiger partial charge on any atom is -0.540 e. The lowest BCUT2D eigenvalue weighted by Crippen LogP contribution is -2.32. The predicted molar refractivity (Wildman–Crippen MR) is 114 cm³/mol. The van der Waals surface area contributed by atoms with Gasteiger partial charge in [-0.2, -0.15) is 0 Å². The highest BCUT2D eigenvalue weighted by Gasteiger charge is 2.30. The molecule has 2 rings (SSSR count). The van der Waals surface area contributed by atoms with Crippen molar-refractivity contribution in [2.24, 2.45) is 0 Å². The molecule has 5 heteroatoms. The van der Waals surface area contributed by atoms with Gasteiger partial charge < -0.3 is 14.5 Å². The van der Waals surface area contributed by atoms with E-state index in [-0.39, 0.29) is 11.3 Å². The number of aryl methyl sites for hydroxylation is 1. The van der Waals surface area contributed by atoms with Crippen molar-refractivity contribution < 1.29 is 19.3 Å². The highest BCUT2D eigenvalue weighted by Crippen LogP contribution is 2.41. The minimum atomic E-state index is -0.770. The van der Waals surface area contributed by atoms with Crippen molar-refractivity contribution in [1.29, 1.82) is 0 Å². The summed E-state index contributed by atoms with van der Waals surface area (Å²) in [7, 11) is 4.97. The average molecular weight is 380 g/mol. The number of hydrogen-bond acceptors (Lipinski definition) is 4. The highest BCUT2D eigenvalue weighted by atomic mass is 16.5. The van der Waals surface area contributed by atoms with Crippen LogP contribution in [0.3, 0.4) is 0 Å². The van der Waals surface area contributed by atoms with E-state index in [1.54, 1.807) is 19.1 Å². The first-order chi connectivity index (χ1) is 13.2. The van der Waals surface area contributed by atoms with Crippen molar-refractivity contribution in [3.8, 4) is 11.5 Å². The van der Waals surface area contributed by atoms with Gasteiger partial charge >= 0.3 is 14.0 Å². The molecule has 1 atom stereocenters. The molecule has 1 N–H and O–H groups in total. The zero-order valence-electron chi connectivity index (χ0n) is 17.5. The Morgan fingerprint density at radius 3 is 2.64 bits per heavy atom. The average Bonchev–Trinajstić information content (AvgIpc) is 2.60. The first-order valence-corrected chi connectivity index (χ1v) is 9.61. The molecule has 0 fully saturated rings. The zero-order chi connectivity index (χ0) is 20.9. The predicted octanol–water partition coefficient (Wildman–Crippen LogP) is 5.58. The molecule has 0 saturated carbocycles. The van der Waals surface area contributed by atoms with Crippen LogP contribution in [0, 0.1) is 6.92 Å². The summed E-state index contributed by atoms with van der Waals surface area (Å²) in [5.41, 5.74) is 3.34. The third kappa shape index (κ3) is 5.31. The Hall–Kier alpha value is -2.43. The number of aromatic hydroxyl groups is 1. The molecular weight excluding hydrogens is 351 g/mol. The molecule has 1 aliphatic heterocycles. The molecule has 4 nitrogen and oxygen atoms in total. The van der Waals surface area contributed by atoms with Crippen LogP contribution in [0.5, 0.6) is 11.5 Å². The minimum absolute atomic E-state index is 0.0630. The van der Waals surface area contributed by atoms with Gasteiger partial charge in [-0.05, 0) is 84.1 Å². The molecule has 0 spiro atoms. The van der Waals surface area contributed by atoms with Gasteiger partial charge in [0.2, 0.25) is 0 Å². The first-order valence-electron chi connectivity index (χ1n) is 9.61. The normalized spacial score (nSPS) is 18.2. The molecule has 1 unspecified atom stereocenters. The number of carbonyl (C=O) groups excluding carboxylic acids is 1. The standard InChI is InChI=1S/C23H29BO4/c1-15(2)8-6-9-16(3)10-7-12-23(5)13-11-18-19(27-23)14-17(4)20(21(18)25)22(26)28-24/h8,10-11,13-14,25H,6-7,9,12H2,1-5H3/b16-10+. The smallest absolute Gasteiger partial charge is 0.378 e. The van der Waals surface area contributed by atoms with Crippen LogP contribution in [0.1, 0.15) is 74.9 Å². The Labute approximate surface area is 169 Å². The molecule has 0 bridgehead atoms. The molecule has 0 amide bonds. The molecule has 28 heavy (non-hydrogen) atoms. The van der Waals surface area contributed by atoms with E-state index in [1.165, 1.54) is 11.1 Å². The number of benzene rings is 1. The lowest BCUT2D eigenvalue weighted by molar-refractivity contribution is 0.0745. The van der Waals surface area contributed by atoms with Crippen LogP contribution in [0.2, 0.25) is 0 Å². The Morgan fingerprint density at radius 1 is 1.29 bits per heavy atom. The van der Waals surface area contributed by atoms with E-state index in [2.05, 4.69) is 37.6 Å². The van der Waals surface area contributed by atoms with Gasteiger partial charge in [0.25, 0.3) is 0 Å². The second-order valence-corrected chi connectivity index (χ2v) is 7.89. The van der Waals surface area contributed by atoms with Crippen LogP contribution in [-0.2, 0) is 4.65 Å². The second kappa shape index (κ2) is 9.18. The number of phenols is 1. The van der Waals surface area contributed by atoms with Crippen LogP contribution >= 0.6 is 0 Å². The summed E-state index contributed by atoms with van der Waals surface area (Å²) in [4.78, 5) is 11.8. The quantitative estimate of drug-likeness (QED) is 0.496. The van der Waals surface area contributed by atoms with Gasteiger partial charge in [0.1, 0.15) is 22.7 Å². The molecule has 0 aromatic heterocycles. The van der Waals surface area contributed by atoms with Gasteiger partial charge in [-0.25, -0.2) is 4.79 Å². The van der Waals surface area contributed by atoms with Gasteiger partial charge in [0, 0.05) is 0 Å². The number of hydrogen-bond donors (Lipinski definition) is 1. The summed E-state index contributed by atoms with van der Waals surface area (Å²) < 4.78 is 10.4. The van der Waals surface area contributed by atoms with E-state index in [0.29, 0.717) is 16.9 Å². The van der Waals surface area contributed by atoms with Crippen LogP contribution in [-0.4, -0.2) is 24.7 Å². The second-order valence-electron chi connectivity index (χ2n) is 7.89. The topological polar surface area (TPSA) is 55.8 Å². The SMILES string of the molecule is [B]OC(=O)c1c(C)cc2c(c1O)C=CC(C)(CC/C=C(\C)CCC=C(C)C)O2. The van der Waals surface area contributed by atoms with E-state index >= 15 is 0 Å². The van der Waals surface area contributed by atoms with Crippen molar-refractivity contribution in [2.75, 3.05) is 0 Å². The van der Waals surface area contributed by atoms with Gasteiger partial charge in [-0.3, -0.25) is 0 Å². The summed E-state index contributed by atoms with van der Waals surface area (Å²) in [6.07, 6.45) is 12.1. The van der Waals surface area contributed by atoms with Crippen LogP contribution in [0.4, 0.5) is 0 Å². The van der Waals surface area contributed by atoms with Gasteiger partial charge in [0.15, 0.2) is 0 Å². The Bertz CT molecular complexity index is 831. The highest BCUT2D eigenvalue weighted by molar-refractivity contribution is 6.11. The largest absolute Gasteiger partial charge is 0.540 e. The molecule has 1 aromatic carbocycles. The number of ether oxygens (including phenoxy) is 1. The van der Waals surface area contributed by atoms with Crippen LogP contribution < -0.4 is 4.74 Å². The molecule has 1 heterocycles. The number of phenolic OH excluding ortho intramolecular Hbond substituents is 1. The summed E-state index contributed by atoms with van der Waals surface area (Å²) in [6, 6.07) is 1.74. The molecular formula is C23H29BO4. The van der Waals surface area contributed by atoms with Gasteiger partial charge in [0.05, 0.1) is 5.56 Å². The fourth-order valence-electron chi connectivity index (χ4n) is 3.32. The summed E-state index contributed by atoms with van der Waals surface area (Å²) in [5, 5.41) is 10.5. The third-order valence-corrected chi connectivity index (χ3v) is 4.98. The fourth-order valence-corrected chi connectivity index (χ4v) is 3.32. The Balaban J connectivity index is 2.09. The first kappa shape index (κ1) is 21.9. The van der Waals surface area contributed by atoms with E-state index in [1.807, 2.05) is 13.0 Å². The van der Waals surface area contributed by atoms with E-state index in [9.17, 15) is 9.90 Å². The number of carbonyl (C=O) groups is 1. The molecule has 0 saturated heterocycles. The molecule has 0 aliphatic carbocycles. The van der Waals surface area contributed by atoms with Crippen molar-refractivity contribution in [2.45, 2.75) is 65.9 Å². The van der Waals surface area contributed by atoms with Crippen LogP contribution in [0.15, 0.2) is 35.4 Å². The van der Waals surface area contributed by atoms with Gasteiger partial charge in [-0.1, -0.05) is 23.3 Å². The van der Waals surface area contributed by atoms with E-state index in [0.717, 1.165) is 25.7 Å². The lowest BCUT2D eigenvalue weighted by atomic mass is 9.92. The number of allylic oxidation sites excluding steroid dienone is 4. The number of rotatable bonds is 7. The zero-order valence-corrected chi connectivity index (χ0v) is 17.5. The molecule has 1 aromatic rings. The number of fused-ring (bicyclic) bond motifs is 1. The Kier molecular flexibility index (Phi) is 7.17. The maximum atomic E-state index is 11.8. The van der Waals surface area contributed by atoms with Crippen LogP contribution in [0.25, 0.3) is 6.08 Å². The van der Waals surface area contributed by atoms with Crippen molar-refractivity contribution in [1.82, 2.24) is 0 Å². The third-order valence-electron chi connectivity index (χ3n) is 4.98. The molecule has 148 valence electrons. The van der Waals surface area contributed by atoms with Crippen molar-refractivity contribution in [3.63, 3.8) is 0 Å².